The van der Waals surface area contributed by atoms with Crippen LogP contribution in [0.25, 0.3) is 0 Å². The average Bonchev–Trinajstić information content (AvgIpc) is 3.39. The maximum absolute atomic E-state index is 12.8. The molecule has 0 aromatic carbocycles. The Balaban J connectivity index is 4.46. The van der Waals surface area contributed by atoms with E-state index in [0.29, 0.717) is 25.7 Å². The van der Waals surface area contributed by atoms with Gasteiger partial charge in [-0.3, -0.25) is 14.4 Å². The number of allylic oxidation sites excluding steroid dienone is 24. The van der Waals surface area contributed by atoms with E-state index in [1.807, 2.05) is 0 Å². The van der Waals surface area contributed by atoms with Crippen molar-refractivity contribution < 1.29 is 28.6 Å². The lowest BCUT2D eigenvalue weighted by molar-refractivity contribution is -0.167. The van der Waals surface area contributed by atoms with Crippen LogP contribution in [0.4, 0.5) is 0 Å². The zero-order chi connectivity index (χ0) is 52.9. The Morgan fingerprint density at radius 3 is 0.877 bits per heavy atom. The second kappa shape index (κ2) is 59.8. The van der Waals surface area contributed by atoms with E-state index in [1.165, 1.54) is 38.5 Å². The second-order valence-corrected chi connectivity index (χ2v) is 18.8. The van der Waals surface area contributed by atoms with E-state index in [4.69, 9.17) is 14.2 Å². The average molecular weight is 1010 g/mol. The van der Waals surface area contributed by atoms with Crippen LogP contribution < -0.4 is 0 Å². The predicted octanol–water partition coefficient (Wildman–Crippen LogP) is 20.0. The van der Waals surface area contributed by atoms with Gasteiger partial charge in [-0.05, 0) is 141 Å². The van der Waals surface area contributed by atoms with E-state index in [9.17, 15) is 14.4 Å². The molecule has 0 N–H and O–H groups in total. The maximum Gasteiger partial charge on any atom is 0.306 e. The SMILES string of the molecule is CC/C=C\C/C=C\C/C=C\C/C=C\C/C=C\C/C=C\C/C=C\C/C=C\CCCCC(=O)OCC(COC(=O)CCCCCCC/C=C\CCCCCC)OC(=O)CCCCCCC/C=C\C/C=C\C/C=C\CC. The number of esters is 3. The monoisotopic (exact) mass is 1010 g/mol. The Morgan fingerprint density at radius 1 is 0.288 bits per heavy atom. The van der Waals surface area contributed by atoms with E-state index >= 15 is 0 Å². The molecule has 0 aliphatic carbocycles. The van der Waals surface area contributed by atoms with Gasteiger partial charge in [0.05, 0.1) is 0 Å². The van der Waals surface area contributed by atoms with Crippen molar-refractivity contribution in [1.29, 1.82) is 0 Å². The molecule has 0 bridgehead atoms. The molecule has 0 fully saturated rings. The summed E-state index contributed by atoms with van der Waals surface area (Å²) in [5, 5.41) is 0. The lowest BCUT2D eigenvalue weighted by Gasteiger charge is -2.18. The van der Waals surface area contributed by atoms with E-state index in [0.717, 1.165) is 154 Å². The summed E-state index contributed by atoms with van der Waals surface area (Å²) >= 11 is 0. The Hall–Kier alpha value is -4.71. The molecule has 0 heterocycles. The molecule has 0 aromatic rings. The summed E-state index contributed by atoms with van der Waals surface area (Å²) in [5.74, 6) is -0.986. The molecule has 1 unspecified atom stereocenters. The number of rotatable bonds is 51. The van der Waals surface area contributed by atoms with Crippen molar-refractivity contribution in [3.8, 4) is 0 Å². The van der Waals surface area contributed by atoms with Crippen molar-refractivity contribution in [3.05, 3.63) is 146 Å². The van der Waals surface area contributed by atoms with Crippen LogP contribution in [0.15, 0.2) is 146 Å². The molecule has 0 spiro atoms. The molecular formula is C67H106O6. The summed E-state index contributed by atoms with van der Waals surface area (Å²) < 4.78 is 16.8. The lowest BCUT2D eigenvalue weighted by atomic mass is 10.1. The summed E-state index contributed by atoms with van der Waals surface area (Å²) in [5.41, 5.74) is 0. The minimum absolute atomic E-state index is 0.109. The molecule has 0 amide bonds. The van der Waals surface area contributed by atoms with Crippen LogP contribution in [0.3, 0.4) is 0 Å². The zero-order valence-electron chi connectivity index (χ0n) is 46.8. The molecule has 73 heavy (non-hydrogen) atoms. The van der Waals surface area contributed by atoms with Gasteiger partial charge in [0, 0.05) is 19.3 Å². The van der Waals surface area contributed by atoms with Gasteiger partial charge in [-0.1, -0.05) is 224 Å². The summed E-state index contributed by atoms with van der Waals surface area (Å²) in [6, 6.07) is 0. The zero-order valence-corrected chi connectivity index (χ0v) is 46.8. The van der Waals surface area contributed by atoms with Crippen LogP contribution >= 0.6 is 0 Å². The van der Waals surface area contributed by atoms with Crippen molar-refractivity contribution in [2.45, 2.75) is 245 Å². The van der Waals surface area contributed by atoms with Crippen molar-refractivity contribution in [3.63, 3.8) is 0 Å². The molecule has 0 saturated carbocycles. The molecule has 0 radical (unpaired) electrons. The molecule has 0 rings (SSSR count). The molecule has 6 nitrogen and oxygen atoms in total. The fourth-order valence-electron chi connectivity index (χ4n) is 7.47. The fraction of sp³-hybridized carbons (Fsp3) is 0.597. The fourth-order valence-corrected chi connectivity index (χ4v) is 7.47. The largest absolute Gasteiger partial charge is 0.462 e. The number of hydrogen-bond acceptors (Lipinski definition) is 6. The van der Waals surface area contributed by atoms with Crippen LogP contribution in [0.5, 0.6) is 0 Å². The second-order valence-electron chi connectivity index (χ2n) is 18.8. The van der Waals surface area contributed by atoms with Gasteiger partial charge in [0.25, 0.3) is 0 Å². The highest BCUT2D eigenvalue weighted by atomic mass is 16.6. The molecule has 0 aromatic heterocycles. The first-order chi connectivity index (χ1) is 36.0. The van der Waals surface area contributed by atoms with E-state index in [1.54, 1.807) is 0 Å². The van der Waals surface area contributed by atoms with Gasteiger partial charge >= 0.3 is 17.9 Å². The first-order valence-corrected chi connectivity index (χ1v) is 29.3. The molecule has 6 heteroatoms. The first-order valence-electron chi connectivity index (χ1n) is 29.3. The lowest BCUT2D eigenvalue weighted by Crippen LogP contribution is -2.30. The molecule has 410 valence electrons. The van der Waals surface area contributed by atoms with Crippen molar-refractivity contribution >= 4 is 17.9 Å². The van der Waals surface area contributed by atoms with Gasteiger partial charge in [0.1, 0.15) is 13.2 Å². The quantitative estimate of drug-likeness (QED) is 0.0261. The highest BCUT2D eigenvalue weighted by Gasteiger charge is 2.19. The third-order valence-electron chi connectivity index (χ3n) is 11.8. The topological polar surface area (TPSA) is 78.9 Å². The third kappa shape index (κ3) is 58.1. The van der Waals surface area contributed by atoms with E-state index in [2.05, 4.69) is 167 Å². The summed E-state index contributed by atoms with van der Waals surface area (Å²) in [4.78, 5) is 38.1. The van der Waals surface area contributed by atoms with Gasteiger partial charge in [-0.25, -0.2) is 0 Å². The predicted molar refractivity (Wildman–Crippen MR) is 315 cm³/mol. The van der Waals surface area contributed by atoms with Gasteiger partial charge in [0.15, 0.2) is 6.10 Å². The summed E-state index contributed by atoms with van der Waals surface area (Å²) in [6.07, 6.45) is 85.6. The smallest absolute Gasteiger partial charge is 0.306 e. The molecule has 0 aliphatic rings. The minimum atomic E-state index is -0.815. The van der Waals surface area contributed by atoms with Crippen molar-refractivity contribution in [2.75, 3.05) is 13.2 Å². The Kier molecular flexibility index (Phi) is 56.0. The summed E-state index contributed by atoms with van der Waals surface area (Å²) in [6.45, 7) is 6.33. The van der Waals surface area contributed by atoms with Gasteiger partial charge in [0.2, 0.25) is 0 Å². The molecule has 1 atom stereocenters. The first kappa shape index (κ1) is 68.3. The van der Waals surface area contributed by atoms with Crippen LogP contribution in [0.1, 0.15) is 239 Å². The number of unbranched alkanes of at least 4 members (excludes halogenated alkanes) is 16. The number of carbonyl (C=O) groups excluding carboxylic acids is 3. The molecule has 0 saturated heterocycles. The van der Waals surface area contributed by atoms with Crippen LogP contribution in [-0.4, -0.2) is 37.2 Å². The minimum Gasteiger partial charge on any atom is -0.462 e. The Bertz CT molecular complexity index is 1630. The van der Waals surface area contributed by atoms with Gasteiger partial charge < -0.3 is 14.2 Å². The summed E-state index contributed by atoms with van der Waals surface area (Å²) in [7, 11) is 0. The highest BCUT2D eigenvalue weighted by Crippen LogP contribution is 2.13. The Morgan fingerprint density at radius 2 is 0.534 bits per heavy atom. The van der Waals surface area contributed by atoms with E-state index in [-0.39, 0.29) is 31.1 Å². The number of carbonyl (C=O) groups is 3. The molecule has 0 aliphatic heterocycles. The van der Waals surface area contributed by atoms with Gasteiger partial charge in [-0.2, -0.15) is 0 Å². The van der Waals surface area contributed by atoms with Crippen molar-refractivity contribution in [1.82, 2.24) is 0 Å². The van der Waals surface area contributed by atoms with Gasteiger partial charge in [-0.15, -0.1) is 0 Å². The highest BCUT2D eigenvalue weighted by molar-refractivity contribution is 5.71. The molecular weight excluding hydrogens is 901 g/mol. The normalized spacial score (nSPS) is 13.2. The standard InChI is InChI=1S/C67H106O6/c1-4-7-10-13-16-19-22-25-27-28-29-30-31-32-33-34-35-36-37-38-40-42-45-48-51-54-57-60-66(69)72-63-64(62-71-65(68)59-56-53-50-47-44-41-24-21-18-15-12-9-6-3)73-67(70)61-58-55-52-49-46-43-39-26-23-20-17-14-11-8-5-2/h7-8,10-11,16-17,19-21,24-27,29-30,32-33,35-36,38-40,45,48,64H,4-6,9,12-15,18,22-23,28,31,34,37,41-44,46-47,49-63H2,1-3H3/b10-7-,11-8-,19-16-,20-17-,24-21-,27-25-,30-29-,33-32-,36-35-,39-26-,40-38-,48-45-. The third-order valence-corrected chi connectivity index (χ3v) is 11.8. The maximum atomic E-state index is 12.8. The van der Waals surface area contributed by atoms with Crippen LogP contribution in [0, 0.1) is 0 Å². The number of ether oxygens (including phenoxy) is 3. The van der Waals surface area contributed by atoms with Crippen LogP contribution in [-0.2, 0) is 28.6 Å². The number of hydrogen-bond donors (Lipinski definition) is 0. The van der Waals surface area contributed by atoms with E-state index < -0.39 is 6.10 Å². The van der Waals surface area contributed by atoms with Crippen LogP contribution in [0.2, 0.25) is 0 Å². The van der Waals surface area contributed by atoms with Crippen molar-refractivity contribution in [2.24, 2.45) is 0 Å². The Labute approximate surface area is 448 Å².